The molecule has 0 radical (unpaired) electrons. The van der Waals surface area contributed by atoms with Gasteiger partial charge in [0, 0.05) is 12.1 Å². The molecule has 0 bridgehead atoms. The van der Waals surface area contributed by atoms with Crippen LogP contribution in [-0.4, -0.2) is 25.6 Å². The summed E-state index contributed by atoms with van der Waals surface area (Å²) in [5.41, 5.74) is 0. The van der Waals surface area contributed by atoms with Crippen molar-refractivity contribution in [2.24, 2.45) is 5.92 Å². The minimum Gasteiger partial charge on any atom is -0.367 e. The predicted octanol–water partition coefficient (Wildman–Crippen LogP) is 3.01. The van der Waals surface area contributed by atoms with Crippen molar-refractivity contribution in [2.75, 3.05) is 5.32 Å². The fourth-order valence-electron chi connectivity index (χ4n) is 1.97. The molecule has 0 aliphatic heterocycles. The zero-order valence-corrected chi connectivity index (χ0v) is 11.6. The van der Waals surface area contributed by atoms with Crippen molar-refractivity contribution in [3.05, 3.63) is 17.5 Å². The van der Waals surface area contributed by atoms with E-state index in [9.17, 15) is 0 Å². The molecule has 2 atom stereocenters. The number of aromatic nitrogens is 4. The van der Waals surface area contributed by atoms with E-state index in [1.807, 2.05) is 0 Å². The topological polar surface area (TPSA) is 55.1 Å². The number of rotatable bonds is 5. The summed E-state index contributed by atoms with van der Waals surface area (Å²) in [5.74, 6) is 2.04. The Bertz CT molecular complexity index is 524. The summed E-state index contributed by atoms with van der Waals surface area (Å²) in [6.45, 7) is 6.61. The second-order valence-electron chi connectivity index (χ2n) is 4.73. The maximum atomic E-state index is 5.96. The molecular weight excluding hydrogens is 250 g/mol. The van der Waals surface area contributed by atoms with Gasteiger partial charge in [0.2, 0.25) is 0 Å². The summed E-state index contributed by atoms with van der Waals surface area (Å²) in [6, 6.07) is 2.13. The van der Waals surface area contributed by atoms with E-state index < -0.39 is 0 Å². The molecule has 2 aromatic rings. The van der Waals surface area contributed by atoms with Gasteiger partial charge in [-0.1, -0.05) is 31.9 Å². The van der Waals surface area contributed by atoms with E-state index in [0.29, 0.717) is 22.9 Å². The molecule has 0 aromatic carbocycles. The first-order valence-electron chi connectivity index (χ1n) is 6.23. The smallest absolute Gasteiger partial charge is 0.255 e. The summed E-state index contributed by atoms with van der Waals surface area (Å²) in [4.78, 5) is 8.14. The van der Waals surface area contributed by atoms with Gasteiger partial charge in [-0.15, -0.1) is 0 Å². The molecule has 98 valence electrons. The average Bonchev–Trinajstić information content (AvgIpc) is 2.76. The van der Waals surface area contributed by atoms with E-state index >= 15 is 0 Å². The highest BCUT2D eigenvalue weighted by atomic mass is 35.5. The van der Waals surface area contributed by atoms with Gasteiger partial charge in [0.25, 0.3) is 5.78 Å². The molecule has 18 heavy (non-hydrogen) atoms. The van der Waals surface area contributed by atoms with Gasteiger partial charge in [0.05, 0.1) is 0 Å². The Hall–Kier alpha value is -1.36. The fraction of sp³-hybridized carbons (Fsp3) is 0.583. The van der Waals surface area contributed by atoms with Crippen molar-refractivity contribution in [3.8, 4) is 0 Å². The van der Waals surface area contributed by atoms with Gasteiger partial charge in [-0.05, 0) is 19.3 Å². The lowest BCUT2D eigenvalue weighted by atomic mass is 10.0. The predicted molar refractivity (Wildman–Crippen MR) is 72.9 cm³/mol. The summed E-state index contributed by atoms with van der Waals surface area (Å²) in [5, 5.41) is 7.97. The third kappa shape index (κ3) is 2.90. The number of hydrogen-bond acceptors (Lipinski definition) is 4. The summed E-state index contributed by atoms with van der Waals surface area (Å²) >= 11 is 5.96. The molecule has 2 unspecified atom stereocenters. The van der Waals surface area contributed by atoms with Gasteiger partial charge >= 0.3 is 0 Å². The summed E-state index contributed by atoms with van der Waals surface area (Å²) < 4.78 is 1.67. The van der Waals surface area contributed by atoms with Crippen molar-refractivity contribution < 1.29 is 0 Å². The maximum absolute atomic E-state index is 5.96. The molecule has 0 aliphatic rings. The minimum absolute atomic E-state index is 0.353. The molecule has 0 saturated carbocycles. The van der Waals surface area contributed by atoms with Gasteiger partial charge in [-0.3, -0.25) is 0 Å². The van der Waals surface area contributed by atoms with Crippen LogP contribution in [0, 0.1) is 5.92 Å². The van der Waals surface area contributed by atoms with Crippen LogP contribution in [0.25, 0.3) is 5.78 Å². The normalized spacial score (nSPS) is 14.7. The van der Waals surface area contributed by atoms with Crippen molar-refractivity contribution in [1.29, 1.82) is 0 Å². The number of nitrogens with zero attached hydrogens (tertiary/aromatic N) is 4. The van der Waals surface area contributed by atoms with Crippen molar-refractivity contribution in [3.63, 3.8) is 0 Å². The first kappa shape index (κ1) is 13.1. The largest absolute Gasteiger partial charge is 0.367 e. The number of nitrogens with one attached hydrogen (secondary N) is 1. The highest BCUT2D eigenvalue weighted by Gasteiger charge is 2.11. The van der Waals surface area contributed by atoms with E-state index in [0.717, 1.165) is 12.2 Å². The van der Waals surface area contributed by atoms with Crippen LogP contribution in [0.4, 0.5) is 5.82 Å². The van der Waals surface area contributed by atoms with Crippen LogP contribution in [0.2, 0.25) is 5.15 Å². The fourth-order valence-corrected chi connectivity index (χ4v) is 2.15. The van der Waals surface area contributed by atoms with Crippen LogP contribution < -0.4 is 5.32 Å². The van der Waals surface area contributed by atoms with Gasteiger partial charge < -0.3 is 5.32 Å². The third-order valence-corrected chi connectivity index (χ3v) is 3.26. The molecule has 0 aliphatic carbocycles. The molecule has 1 N–H and O–H groups in total. The zero-order valence-electron chi connectivity index (χ0n) is 10.9. The number of anilines is 1. The van der Waals surface area contributed by atoms with Gasteiger partial charge in [-0.25, -0.2) is 0 Å². The lowest BCUT2D eigenvalue weighted by Gasteiger charge is -2.18. The number of fused-ring (bicyclic) bond motifs is 1. The van der Waals surface area contributed by atoms with Crippen LogP contribution in [-0.2, 0) is 0 Å². The zero-order chi connectivity index (χ0) is 13.1. The molecule has 0 amide bonds. The third-order valence-electron chi connectivity index (χ3n) is 3.07. The average molecular weight is 268 g/mol. The Morgan fingerprint density at radius 1 is 1.44 bits per heavy atom. The van der Waals surface area contributed by atoms with Crippen molar-refractivity contribution >= 4 is 23.2 Å². The van der Waals surface area contributed by atoms with Crippen molar-refractivity contribution in [1.82, 2.24) is 19.6 Å². The first-order valence-corrected chi connectivity index (χ1v) is 6.60. The SMILES string of the molecule is CCC(C)CC(C)Nc1cc(Cl)nc2ncnn12. The van der Waals surface area contributed by atoms with Crippen LogP contribution in [0.15, 0.2) is 12.4 Å². The lowest BCUT2D eigenvalue weighted by Crippen LogP contribution is -2.20. The first-order chi connectivity index (χ1) is 8.60. The lowest BCUT2D eigenvalue weighted by molar-refractivity contribution is 0.482. The number of hydrogen-bond donors (Lipinski definition) is 1. The van der Waals surface area contributed by atoms with Gasteiger partial charge in [-0.2, -0.15) is 19.6 Å². The highest BCUT2D eigenvalue weighted by molar-refractivity contribution is 6.29. The van der Waals surface area contributed by atoms with E-state index in [4.69, 9.17) is 11.6 Å². The Morgan fingerprint density at radius 3 is 2.94 bits per heavy atom. The van der Waals surface area contributed by atoms with Crippen LogP contribution >= 0.6 is 11.6 Å². The van der Waals surface area contributed by atoms with Gasteiger partial charge in [0.1, 0.15) is 17.3 Å². The van der Waals surface area contributed by atoms with E-state index in [1.165, 1.54) is 12.7 Å². The molecule has 2 aromatic heterocycles. The molecule has 6 heteroatoms. The molecule has 2 rings (SSSR count). The number of halogens is 1. The van der Waals surface area contributed by atoms with Gasteiger partial charge in [0.15, 0.2) is 0 Å². The Labute approximate surface area is 112 Å². The minimum atomic E-state index is 0.353. The standard InChI is InChI=1S/C12H18ClN5/c1-4-8(2)5-9(3)16-11-6-10(13)17-12-14-7-15-18(11)12/h6-9,16H,4-5H2,1-3H3. The Kier molecular flexibility index (Phi) is 4.01. The van der Waals surface area contributed by atoms with Crippen LogP contribution in [0.5, 0.6) is 0 Å². The van der Waals surface area contributed by atoms with E-state index in [2.05, 4.69) is 41.2 Å². The highest BCUT2D eigenvalue weighted by Crippen LogP contribution is 2.18. The second-order valence-corrected chi connectivity index (χ2v) is 5.12. The van der Waals surface area contributed by atoms with Crippen molar-refractivity contribution in [2.45, 2.75) is 39.7 Å². The second kappa shape index (κ2) is 5.52. The molecule has 0 saturated heterocycles. The van der Waals surface area contributed by atoms with E-state index in [1.54, 1.807) is 10.6 Å². The maximum Gasteiger partial charge on any atom is 0.255 e. The van der Waals surface area contributed by atoms with Crippen LogP contribution in [0.1, 0.15) is 33.6 Å². The molecule has 2 heterocycles. The summed E-state index contributed by atoms with van der Waals surface area (Å²) in [7, 11) is 0. The molecular formula is C12H18ClN5. The van der Waals surface area contributed by atoms with E-state index in [-0.39, 0.29) is 0 Å². The summed E-state index contributed by atoms with van der Waals surface area (Å²) in [6.07, 6.45) is 3.76. The molecule has 5 nitrogen and oxygen atoms in total. The van der Waals surface area contributed by atoms with Crippen LogP contribution in [0.3, 0.4) is 0 Å². The quantitative estimate of drug-likeness (QED) is 0.846. The Balaban J connectivity index is 2.18. The monoisotopic (exact) mass is 267 g/mol. The Morgan fingerprint density at radius 2 is 2.22 bits per heavy atom. The molecule has 0 fully saturated rings. The molecule has 0 spiro atoms.